The van der Waals surface area contributed by atoms with Crippen LogP contribution >= 0.6 is 0 Å². The number of aryl methyl sites for hydroxylation is 1. The number of carbonyl (C=O) groups is 2. The van der Waals surface area contributed by atoms with Crippen LogP contribution in [0.15, 0.2) is 48.5 Å². The molecule has 5 nitrogen and oxygen atoms in total. The fraction of sp³-hybridized carbons (Fsp3) is 0.364. The summed E-state index contributed by atoms with van der Waals surface area (Å²) < 4.78 is 0. The summed E-state index contributed by atoms with van der Waals surface area (Å²) in [5, 5.41) is 6.32. The number of rotatable bonds is 3. The molecule has 2 N–H and O–H groups in total. The van der Waals surface area contributed by atoms with Crippen molar-refractivity contribution < 1.29 is 9.59 Å². The highest BCUT2D eigenvalue weighted by atomic mass is 16.2. The van der Waals surface area contributed by atoms with Crippen LogP contribution in [0, 0.1) is 6.92 Å². The molecule has 1 fully saturated rings. The van der Waals surface area contributed by atoms with Crippen LogP contribution in [0.25, 0.3) is 0 Å². The van der Waals surface area contributed by atoms with Crippen LogP contribution < -0.4 is 10.6 Å². The Morgan fingerprint density at radius 2 is 1.93 bits per heavy atom. The first-order valence-electron chi connectivity index (χ1n) is 9.60. The van der Waals surface area contributed by atoms with Crippen LogP contribution in [-0.4, -0.2) is 35.3 Å². The van der Waals surface area contributed by atoms with Crippen LogP contribution in [-0.2, 0) is 22.6 Å². The van der Waals surface area contributed by atoms with E-state index in [9.17, 15) is 9.59 Å². The minimum Gasteiger partial charge on any atom is -0.329 e. The lowest BCUT2D eigenvalue weighted by molar-refractivity contribution is -0.138. The quantitative estimate of drug-likeness (QED) is 0.881. The lowest BCUT2D eigenvalue weighted by Crippen LogP contribution is -2.53. The van der Waals surface area contributed by atoms with Crippen LogP contribution in [0.4, 0.5) is 5.69 Å². The SMILES string of the molecule is Cc1cccc(NC(=O)[C@H]2CCCN2C(=O)[C@@H]2Cc3ccccc3CN2)c1. The Labute approximate surface area is 159 Å². The van der Waals surface area contributed by atoms with E-state index in [0.717, 1.165) is 17.7 Å². The summed E-state index contributed by atoms with van der Waals surface area (Å²) in [6.45, 7) is 3.33. The number of nitrogens with one attached hydrogen (secondary N) is 2. The summed E-state index contributed by atoms with van der Waals surface area (Å²) in [4.78, 5) is 27.7. The zero-order valence-corrected chi connectivity index (χ0v) is 15.6. The standard InChI is InChI=1S/C22H25N3O2/c1-15-6-4-9-18(12-15)24-21(26)20-10-5-11-25(20)22(27)19-13-16-7-2-3-8-17(16)14-23-19/h2-4,6-9,12,19-20,23H,5,10-11,13-14H2,1H3,(H,24,26)/t19-,20+/m0/s1. The van der Waals surface area contributed by atoms with Gasteiger partial charge < -0.3 is 15.5 Å². The van der Waals surface area contributed by atoms with Crippen molar-refractivity contribution in [2.45, 2.75) is 44.8 Å². The number of carbonyl (C=O) groups excluding carboxylic acids is 2. The highest BCUT2D eigenvalue weighted by molar-refractivity contribution is 5.98. The number of nitrogens with zero attached hydrogens (tertiary/aromatic N) is 1. The Hall–Kier alpha value is -2.66. The number of likely N-dealkylation sites (tertiary alicyclic amines) is 1. The molecule has 2 aliphatic rings. The predicted molar refractivity (Wildman–Crippen MR) is 105 cm³/mol. The van der Waals surface area contributed by atoms with Gasteiger partial charge in [-0.05, 0) is 55.0 Å². The molecule has 2 aromatic rings. The molecule has 4 rings (SSSR count). The molecule has 2 aliphatic heterocycles. The van der Waals surface area contributed by atoms with Gasteiger partial charge in [-0.15, -0.1) is 0 Å². The maximum Gasteiger partial charge on any atom is 0.247 e. The van der Waals surface area contributed by atoms with E-state index in [4.69, 9.17) is 0 Å². The van der Waals surface area contributed by atoms with E-state index in [1.54, 1.807) is 4.90 Å². The van der Waals surface area contributed by atoms with Crippen LogP contribution in [0.3, 0.4) is 0 Å². The highest BCUT2D eigenvalue weighted by Gasteiger charge is 2.38. The van der Waals surface area contributed by atoms with Gasteiger partial charge in [0.15, 0.2) is 0 Å². The maximum absolute atomic E-state index is 13.1. The van der Waals surface area contributed by atoms with Gasteiger partial charge in [0.1, 0.15) is 6.04 Å². The van der Waals surface area contributed by atoms with Gasteiger partial charge in [-0.3, -0.25) is 9.59 Å². The normalized spacial score (nSPS) is 21.6. The molecular weight excluding hydrogens is 338 g/mol. The molecule has 1 saturated heterocycles. The second-order valence-electron chi connectivity index (χ2n) is 7.45. The molecule has 2 atom stereocenters. The molecule has 0 aromatic heterocycles. The summed E-state index contributed by atoms with van der Waals surface area (Å²) in [6, 6.07) is 15.3. The molecule has 0 spiro atoms. The molecule has 27 heavy (non-hydrogen) atoms. The molecule has 2 aromatic carbocycles. The Morgan fingerprint density at radius 3 is 2.74 bits per heavy atom. The van der Waals surface area contributed by atoms with Gasteiger partial charge in [-0.1, -0.05) is 36.4 Å². The summed E-state index contributed by atoms with van der Waals surface area (Å²) in [5.41, 5.74) is 4.34. The number of hydrogen-bond acceptors (Lipinski definition) is 3. The third-order valence-electron chi connectivity index (χ3n) is 5.50. The zero-order valence-electron chi connectivity index (χ0n) is 15.6. The van der Waals surface area contributed by atoms with Gasteiger partial charge in [-0.25, -0.2) is 0 Å². The molecule has 5 heteroatoms. The molecule has 0 saturated carbocycles. The summed E-state index contributed by atoms with van der Waals surface area (Å²) in [7, 11) is 0. The van der Waals surface area contributed by atoms with Crippen molar-refractivity contribution in [2.75, 3.05) is 11.9 Å². The summed E-state index contributed by atoms with van der Waals surface area (Å²) in [5.74, 6) is -0.0611. The number of anilines is 1. The van der Waals surface area contributed by atoms with Gasteiger partial charge in [0.05, 0.1) is 6.04 Å². The van der Waals surface area contributed by atoms with Crippen LogP contribution in [0.1, 0.15) is 29.5 Å². The average molecular weight is 363 g/mol. The van der Waals surface area contributed by atoms with E-state index in [0.29, 0.717) is 25.9 Å². The molecule has 2 heterocycles. The first-order chi connectivity index (χ1) is 13.1. The molecule has 140 valence electrons. The lowest BCUT2D eigenvalue weighted by atomic mass is 9.95. The molecule has 0 bridgehead atoms. The number of fused-ring (bicyclic) bond motifs is 1. The molecular formula is C22H25N3O2. The highest BCUT2D eigenvalue weighted by Crippen LogP contribution is 2.23. The van der Waals surface area contributed by atoms with Crippen molar-refractivity contribution >= 4 is 17.5 Å². The minimum absolute atomic E-state index is 0.0337. The third kappa shape index (κ3) is 3.74. The van der Waals surface area contributed by atoms with Crippen LogP contribution in [0.5, 0.6) is 0 Å². The second-order valence-corrected chi connectivity index (χ2v) is 7.45. The lowest BCUT2D eigenvalue weighted by Gasteiger charge is -2.31. The topological polar surface area (TPSA) is 61.4 Å². The van der Waals surface area contributed by atoms with E-state index < -0.39 is 6.04 Å². The van der Waals surface area contributed by atoms with Gasteiger partial charge in [0.25, 0.3) is 0 Å². The monoisotopic (exact) mass is 363 g/mol. The van der Waals surface area contributed by atoms with Gasteiger partial charge in [-0.2, -0.15) is 0 Å². The van der Waals surface area contributed by atoms with E-state index in [-0.39, 0.29) is 17.9 Å². The zero-order chi connectivity index (χ0) is 18.8. The fourth-order valence-corrected chi connectivity index (χ4v) is 4.08. The first kappa shape index (κ1) is 17.7. The Bertz CT molecular complexity index is 864. The molecule has 0 aliphatic carbocycles. The van der Waals surface area contributed by atoms with Gasteiger partial charge >= 0.3 is 0 Å². The molecule has 2 amide bonds. The van der Waals surface area contributed by atoms with E-state index in [1.165, 1.54) is 11.1 Å². The molecule has 0 radical (unpaired) electrons. The Kier molecular flexibility index (Phi) is 4.94. The van der Waals surface area contributed by atoms with Crippen molar-refractivity contribution in [1.29, 1.82) is 0 Å². The van der Waals surface area contributed by atoms with Gasteiger partial charge in [0.2, 0.25) is 11.8 Å². The van der Waals surface area contributed by atoms with Crippen molar-refractivity contribution in [3.8, 4) is 0 Å². The van der Waals surface area contributed by atoms with E-state index >= 15 is 0 Å². The van der Waals surface area contributed by atoms with Crippen molar-refractivity contribution in [2.24, 2.45) is 0 Å². The number of benzene rings is 2. The fourth-order valence-electron chi connectivity index (χ4n) is 4.08. The second kappa shape index (κ2) is 7.53. The van der Waals surface area contributed by atoms with E-state index in [2.05, 4.69) is 22.8 Å². The summed E-state index contributed by atoms with van der Waals surface area (Å²) >= 11 is 0. The van der Waals surface area contributed by atoms with Crippen LogP contribution in [0.2, 0.25) is 0 Å². The van der Waals surface area contributed by atoms with Crippen molar-refractivity contribution in [1.82, 2.24) is 10.2 Å². The average Bonchev–Trinajstić information content (AvgIpc) is 3.17. The van der Waals surface area contributed by atoms with Crippen molar-refractivity contribution in [3.63, 3.8) is 0 Å². The maximum atomic E-state index is 13.1. The summed E-state index contributed by atoms with van der Waals surface area (Å²) in [6.07, 6.45) is 2.26. The first-order valence-corrected chi connectivity index (χ1v) is 9.60. The molecule has 0 unspecified atom stereocenters. The Balaban J connectivity index is 1.45. The third-order valence-corrected chi connectivity index (χ3v) is 5.50. The number of amides is 2. The van der Waals surface area contributed by atoms with E-state index in [1.807, 2.05) is 43.3 Å². The van der Waals surface area contributed by atoms with Crippen molar-refractivity contribution in [3.05, 3.63) is 65.2 Å². The largest absolute Gasteiger partial charge is 0.329 e. The Morgan fingerprint density at radius 1 is 1.11 bits per heavy atom. The smallest absolute Gasteiger partial charge is 0.247 e. The predicted octanol–water partition coefficient (Wildman–Crippen LogP) is 2.64. The minimum atomic E-state index is -0.392. The number of hydrogen-bond donors (Lipinski definition) is 2. The van der Waals surface area contributed by atoms with Gasteiger partial charge in [0, 0.05) is 18.8 Å².